The zero-order valence-corrected chi connectivity index (χ0v) is 13.5. The molecule has 0 aliphatic carbocycles. The molecule has 0 aliphatic heterocycles. The van der Waals surface area contributed by atoms with Crippen molar-refractivity contribution in [2.24, 2.45) is 0 Å². The molecule has 2 aromatic rings. The second-order valence-electron chi connectivity index (χ2n) is 4.45. The van der Waals surface area contributed by atoms with E-state index in [2.05, 4.69) is 15.9 Å². The van der Waals surface area contributed by atoms with Crippen molar-refractivity contribution in [3.05, 3.63) is 57.3 Å². The first-order chi connectivity index (χ1) is 9.99. The highest BCUT2D eigenvalue weighted by Crippen LogP contribution is 2.32. The van der Waals surface area contributed by atoms with E-state index in [-0.39, 0.29) is 5.56 Å². The van der Waals surface area contributed by atoms with E-state index in [4.69, 9.17) is 9.47 Å². The lowest BCUT2D eigenvalue weighted by Crippen LogP contribution is -2.08. The van der Waals surface area contributed by atoms with E-state index in [9.17, 15) is 9.18 Å². The van der Waals surface area contributed by atoms with Crippen LogP contribution in [0.3, 0.4) is 0 Å². The fourth-order valence-corrected chi connectivity index (χ4v) is 2.60. The molecule has 0 saturated carbocycles. The normalized spacial score (nSPS) is 10.3. The number of aryl methyl sites for hydroxylation is 1. The maximum absolute atomic E-state index is 13.9. The maximum Gasteiger partial charge on any atom is 0.197 e. The molecule has 0 atom stereocenters. The number of carbonyl (C=O) groups excluding carboxylic acids is 1. The SMILES string of the molecule is COc1cc(C)c(C(=O)c2c(F)cccc2Br)cc1OC. The molecule has 0 heterocycles. The fourth-order valence-electron chi connectivity index (χ4n) is 2.07. The highest BCUT2D eigenvalue weighted by atomic mass is 79.9. The monoisotopic (exact) mass is 352 g/mol. The van der Waals surface area contributed by atoms with Crippen LogP contribution in [0.5, 0.6) is 11.5 Å². The summed E-state index contributed by atoms with van der Waals surface area (Å²) in [4.78, 5) is 12.6. The Morgan fingerprint density at radius 3 is 2.33 bits per heavy atom. The van der Waals surface area contributed by atoms with Gasteiger partial charge in [0.25, 0.3) is 0 Å². The van der Waals surface area contributed by atoms with Gasteiger partial charge in [0.15, 0.2) is 17.3 Å². The first kappa shape index (κ1) is 15.5. The van der Waals surface area contributed by atoms with Crippen molar-refractivity contribution in [3.8, 4) is 11.5 Å². The molecule has 0 unspecified atom stereocenters. The largest absolute Gasteiger partial charge is 0.493 e. The van der Waals surface area contributed by atoms with Crippen LogP contribution in [0.15, 0.2) is 34.8 Å². The van der Waals surface area contributed by atoms with E-state index < -0.39 is 11.6 Å². The molecule has 5 heteroatoms. The molecular weight excluding hydrogens is 339 g/mol. The van der Waals surface area contributed by atoms with E-state index in [0.717, 1.165) is 0 Å². The standard InChI is InChI=1S/C16H14BrFO3/c1-9-7-13(20-2)14(21-3)8-10(9)16(19)15-11(17)5-4-6-12(15)18/h4-8H,1-3H3. The Bertz CT molecular complexity index is 678. The summed E-state index contributed by atoms with van der Waals surface area (Å²) in [5.74, 6) is -0.0138. The van der Waals surface area contributed by atoms with E-state index in [0.29, 0.717) is 27.1 Å². The molecular formula is C16H14BrFO3. The quantitative estimate of drug-likeness (QED) is 0.775. The van der Waals surface area contributed by atoms with E-state index in [1.54, 1.807) is 25.1 Å². The topological polar surface area (TPSA) is 35.5 Å². The van der Waals surface area contributed by atoms with Crippen LogP contribution in [0.4, 0.5) is 4.39 Å². The molecule has 110 valence electrons. The van der Waals surface area contributed by atoms with Crippen LogP contribution >= 0.6 is 15.9 Å². The molecule has 0 spiro atoms. The zero-order valence-electron chi connectivity index (χ0n) is 11.9. The summed E-state index contributed by atoms with van der Waals surface area (Å²) in [6, 6.07) is 7.69. The Morgan fingerprint density at radius 1 is 1.14 bits per heavy atom. The molecule has 0 N–H and O–H groups in total. The summed E-state index contributed by atoms with van der Waals surface area (Å²) < 4.78 is 24.7. The summed E-state index contributed by atoms with van der Waals surface area (Å²) in [5.41, 5.74) is 1.07. The minimum absolute atomic E-state index is 0.00724. The number of hydrogen-bond acceptors (Lipinski definition) is 3. The smallest absolute Gasteiger partial charge is 0.197 e. The van der Waals surface area contributed by atoms with Gasteiger partial charge >= 0.3 is 0 Å². The first-order valence-electron chi connectivity index (χ1n) is 6.21. The number of halogens is 2. The fraction of sp³-hybridized carbons (Fsp3) is 0.188. The highest BCUT2D eigenvalue weighted by molar-refractivity contribution is 9.10. The highest BCUT2D eigenvalue weighted by Gasteiger charge is 2.21. The number of rotatable bonds is 4. The molecule has 0 fully saturated rings. The minimum Gasteiger partial charge on any atom is -0.493 e. The van der Waals surface area contributed by atoms with Crippen molar-refractivity contribution in [2.75, 3.05) is 14.2 Å². The maximum atomic E-state index is 13.9. The van der Waals surface area contributed by atoms with Gasteiger partial charge in [-0.2, -0.15) is 0 Å². The van der Waals surface area contributed by atoms with Gasteiger partial charge in [0.2, 0.25) is 0 Å². The summed E-state index contributed by atoms with van der Waals surface area (Å²) in [6.07, 6.45) is 0. The van der Waals surface area contributed by atoms with Gasteiger partial charge in [-0.15, -0.1) is 0 Å². The van der Waals surface area contributed by atoms with Crippen molar-refractivity contribution in [1.82, 2.24) is 0 Å². The second kappa shape index (κ2) is 6.26. The summed E-state index contributed by atoms with van der Waals surface area (Å²) in [7, 11) is 3.01. The van der Waals surface area contributed by atoms with Gasteiger partial charge in [0.1, 0.15) is 5.82 Å². The van der Waals surface area contributed by atoms with Crippen LogP contribution in [-0.2, 0) is 0 Å². The average Bonchev–Trinajstić information content (AvgIpc) is 2.46. The minimum atomic E-state index is -0.566. The number of carbonyl (C=O) groups is 1. The van der Waals surface area contributed by atoms with Crippen molar-refractivity contribution in [2.45, 2.75) is 6.92 Å². The van der Waals surface area contributed by atoms with E-state index in [1.807, 2.05) is 0 Å². The van der Waals surface area contributed by atoms with Gasteiger partial charge in [-0.05, 0) is 52.7 Å². The lowest BCUT2D eigenvalue weighted by atomic mass is 9.98. The zero-order chi connectivity index (χ0) is 15.6. The van der Waals surface area contributed by atoms with E-state index >= 15 is 0 Å². The number of ketones is 1. The van der Waals surface area contributed by atoms with Crippen LogP contribution in [0.2, 0.25) is 0 Å². The molecule has 0 amide bonds. The van der Waals surface area contributed by atoms with Gasteiger partial charge in [-0.25, -0.2) is 4.39 Å². The molecule has 0 radical (unpaired) electrons. The average molecular weight is 353 g/mol. The predicted molar refractivity (Wildman–Crippen MR) is 81.8 cm³/mol. The van der Waals surface area contributed by atoms with Crippen LogP contribution in [0, 0.1) is 12.7 Å². The van der Waals surface area contributed by atoms with E-state index in [1.165, 1.54) is 26.4 Å². The van der Waals surface area contributed by atoms with Gasteiger partial charge < -0.3 is 9.47 Å². The third kappa shape index (κ3) is 2.93. The summed E-state index contributed by atoms with van der Waals surface area (Å²) >= 11 is 3.22. The third-order valence-corrected chi connectivity index (χ3v) is 3.83. The Hall–Kier alpha value is -1.88. The van der Waals surface area contributed by atoms with Crippen molar-refractivity contribution >= 4 is 21.7 Å². The van der Waals surface area contributed by atoms with Crippen LogP contribution in [-0.4, -0.2) is 20.0 Å². The molecule has 0 bridgehead atoms. The number of hydrogen-bond donors (Lipinski definition) is 0. The molecule has 2 aromatic carbocycles. The number of methoxy groups -OCH3 is 2. The molecule has 0 aromatic heterocycles. The Labute approximate surface area is 130 Å². The molecule has 2 rings (SSSR count). The van der Waals surface area contributed by atoms with Gasteiger partial charge in [-0.1, -0.05) is 6.07 Å². The molecule has 0 saturated heterocycles. The lowest BCUT2D eigenvalue weighted by molar-refractivity contribution is 0.103. The Kier molecular flexibility index (Phi) is 4.63. The summed E-state index contributed by atoms with van der Waals surface area (Å²) in [6.45, 7) is 1.77. The van der Waals surface area contributed by atoms with Crippen molar-refractivity contribution in [3.63, 3.8) is 0 Å². The lowest BCUT2D eigenvalue weighted by Gasteiger charge is -2.13. The van der Waals surface area contributed by atoms with Crippen LogP contribution in [0.1, 0.15) is 21.5 Å². The van der Waals surface area contributed by atoms with Gasteiger partial charge in [-0.3, -0.25) is 4.79 Å². The molecule has 21 heavy (non-hydrogen) atoms. The number of benzene rings is 2. The first-order valence-corrected chi connectivity index (χ1v) is 7.00. The van der Waals surface area contributed by atoms with Gasteiger partial charge in [0.05, 0.1) is 19.8 Å². The molecule has 0 aliphatic rings. The Balaban J connectivity index is 2.59. The van der Waals surface area contributed by atoms with Crippen LogP contribution in [0.25, 0.3) is 0 Å². The van der Waals surface area contributed by atoms with Crippen molar-refractivity contribution in [1.29, 1.82) is 0 Å². The number of ether oxygens (including phenoxy) is 2. The van der Waals surface area contributed by atoms with Crippen LogP contribution < -0.4 is 9.47 Å². The Morgan fingerprint density at radius 2 is 1.76 bits per heavy atom. The summed E-state index contributed by atoms with van der Waals surface area (Å²) in [5, 5.41) is 0. The second-order valence-corrected chi connectivity index (χ2v) is 5.30. The predicted octanol–water partition coefficient (Wildman–Crippen LogP) is 4.14. The third-order valence-electron chi connectivity index (χ3n) is 3.16. The van der Waals surface area contributed by atoms with Crippen molar-refractivity contribution < 1.29 is 18.7 Å². The van der Waals surface area contributed by atoms with Gasteiger partial charge in [0, 0.05) is 10.0 Å². The molecule has 3 nitrogen and oxygen atoms in total.